The van der Waals surface area contributed by atoms with Crippen molar-refractivity contribution >= 4 is 10.8 Å². The van der Waals surface area contributed by atoms with Gasteiger partial charge >= 0.3 is 0 Å². The van der Waals surface area contributed by atoms with E-state index >= 15 is 0 Å². The Bertz CT molecular complexity index is 707. The fraction of sp³-hybridized carbons (Fsp3) is 0.118. The Hall–Kier alpha value is -2.23. The van der Waals surface area contributed by atoms with Gasteiger partial charge in [-0.3, -0.25) is 4.98 Å². The summed E-state index contributed by atoms with van der Waals surface area (Å²) in [6, 6.07) is 17.0. The molecule has 3 nitrogen and oxygen atoms in total. The fourth-order valence-electron chi connectivity index (χ4n) is 2.43. The molecule has 2 aromatic carbocycles. The van der Waals surface area contributed by atoms with Gasteiger partial charge in [0.25, 0.3) is 0 Å². The monoisotopic (exact) mass is 264 g/mol. The van der Waals surface area contributed by atoms with E-state index in [2.05, 4.69) is 4.98 Å². The highest BCUT2D eigenvalue weighted by atomic mass is 16.3. The van der Waals surface area contributed by atoms with Crippen molar-refractivity contribution in [1.29, 1.82) is 0 Å². The number of nitrogens with zero attached hydrogens (tertiary/aromatic N) is 1. The van der Waals surface area contributed by atoms with Crippen LogP contribution in [-0.4, -0.2) is 10.1 Å². The van der Waals surface area contributed by atoms with Crippen LogP contribution in [0.1, 0.15) is 23.3 Å². The van der Waals surface area contributed by atoms with Crippen LogP contribution < -0.4 is 5.73 Å². The molecule has 1 aromatic heterocycles. The lowest BCUT2D eigenvalue weighted by atomic mass is 9.94. The first-order valence-electron chi connectivity index (χ1n) is 6.58. The van der Waals surface area contributed by atoms with E-state index in [-0.39, 0.29) is 0 Å². The highest BCUT2D eigenvalue weighted by molar-refractivity contribution is 5.85. The maximum absolute atomic E-state index is 10.6. The molecule has 0 bridgehead atoms. The number of fused-ring (bicyclic) bond motifs is 1. The largest absolute Gasteiger partial charge is 0.386 e. The summed E-state index contributed by atoms with van der Waals surface area (Å²) in [4.78, 5) is 4.19. The maximum atomic E-state index is 10.6. The van der Waals surface area contributed by atoms with Crippen LogP contribution in [0.5, 0.6) is 0 Å². The van der Waals surface area contributed by atoms with Gasteiger partial charge in [-0.15, -0.1) is 0 Å². The van der Waals surface area contributed by atoms with Crippen molar-refractivity contribution in [3.05, 3.63) is 78.1 Å². The molecule has 0 aliphatic rings. The Morgan fingerprint density at radius 1 is 0.900 bits per heavy atom. The Morgan fingerprint density at radius 2 is 1.60 bits per heavy atom. The summed E-state index contributed by atoms with van der Waals surface area (Å²) in [5.41, 5.74) is 7.86. The third-order valence-corrected chi connectivity index (χ3v) is 3.54. The molecule has 20 heavy (non-hydrogen) atoms. The minimum Gasteiger partial charge on any atom is -0.386 e. The van der Waals surface area contributed by atoms with Gasteiger partial charge in [-0.2, -0.15) is 0 Å². The molecule has 0 fully saturated rings. The lowest BCUT2D eigenvalue weighted by molar-refractivity contribution is 0.148. The molecule has 0 radical (unpaired) electrons. The van der Waals surface area contributed by atoms with E-state index in [0.29, 0.717) is 0 Å². The van der Waals surface area contributed by atoms with Crippen LogP contribution in [0.25, 0.3) is 10.8 Å². The van der Waals surface area contributed by atoms with Gasteiger partial charge in [0.1, 0.15) is 6.10 Å². The van der Waals surface area contributed by atoms with E-state index in [1.54, 1.807) is 12.4 Å². The number of benzene rings is 2. The van der Waals surface area contributed by atoms with Crippen molar-refractivity contribution in [2.45, 2.75) is 12.1 Å². The summed E-state index contributed by atoms with van der Waals surface area (Å²) in [5.74, 6) is 0. The molecule has 3 aromatic rings. The zero-order chi connectivity index (χ0) is 13.9. The summed E-state index contributed by atoms with van der Waals surface area (Å²) in [5, 5.41) is 12.6. The molecule has 3 heteroatoms. The molecule has 0 aliphatic heterocycles. The van der Waals surface area contributed by atoms with Crippen molar-refractivity contribution in [2.75, 3.05) is 0 Å². The Labute approximate surface area is 117 Å². The molecular formula is C17H16N2O. The number of rotatable bonds is 3. The SMILES string of the molecule is NC(c1ccccc1)C(O)c1cncc2ccccc12. The first-order valence-corrected chi connectivity index (χ1v) is 6.58. The number of hydrogen-bond acceptors (Lipinski definition) is 3. The molecule has 1 heterocycles. The summed E-state index contributed by atoms with van der Waals surface area (Å²) >= 11 is 0. The van der Waals surface area contributed by atoms with Crippen LogP contribution in [0.4, 0.5) is 0 Å². The second-order valence-corrected chi connectivity index (χ2v) is 4.83. The Kier molecular flexibility index (Phi) is 3.46. The van der Waals surface area contributed by atoms with Crippen LogP contribution in [0, 0.1) is 0 Å². The maximum Gasteiger partial charge on any atom is 0.100 e. The lowest BCUT2D eigenvalue weighted by Crippen LogP contribution is -2.19. The number of aromatic nitrogens is 1. The van der Waals surface area contributed by atoms with Crippen LogP contribution >= 0.6 is 0 Å². The summed E-state index contributed by atoms with van der Waals surface area (Å²) in [7, 11) is 0. The molecule has 3 rings (SSSR count). The topological polar surface area (TPSA) is 59.1 Å². The fourth-order valence-corrected chi connectivity index (χ4v) is 2.43. The molecule has 0 amide bonds. The third-order valence-electron chi connectivity index (χ3n) is 3.54. The van der Waals surface area contributed by atoms with E-state index in [4.69, 9.17) is 5.73 Å². The van der Waals surface area contributed by atoms with Crippen LogP contribution in [0.3, 0.4) is 0 Å². The molecule has 100 valence electrons. The molecule has 3 N–H and O–H groups in total. The zero-order valence-electron chi connectivity index (χ0n) is 11.0. The second kappa shape index (κ2) is 5.41. The van der Waals surface area contributed by atoms with Gasteiger partial charge in [0.15, 0.2) is 0 Å². The van der Waals surface area contributed by atoms with Crippen LogP contribution in [0.2, 0.25) is 0 Å². The molecule has 2 unspecified atom stereocenters. The quantitative estimate of drug-likeness (QED) is 0.764. The van der Waals surface area contributed by atoms with Gasteiger partial charge in [0, 0.05) is 23.3 Å². The first-order chi connectivity index (χ1) is 9.77. The molecular weight excluding hydrogens is 248 g/mol. The highest BCUT2D eigenvalue weighted by Crippen LogP contribution is 2.30. The van der Waals surface area contributed by atoms with Gasteiger partial charge in [0.2, 0.25) is 0 Å². The summed E-state index contributed by atoms with van der Waals surface area (Å²) < 4.78 is 0. The predicted octanol–water partition coefficient (Wildman–Crippen LogP) is 2.97. The van der Waals surface area contributed by atoms with Crippen molar-refractivity contribution in [3.63, 3.8) is 0 Å². The zero-order valence-corrected chi connectivity index (χ0v) is 11.0. The second-order valence-electron chi connectivity index (χ2n) is 4.83. The van der Waals surface area contributed by atoms with Gasteiger partial charge in [0.05, 0.1) is 6.04 Å². The smallest absolute Gasteiger partial charge is 0.100 e. The van der Waals surface area contributed by atoms with Gasteiger partial charge < -0.3 is 10.8 Å². The Morgan fingerprint density at radius 3 is 2.40 bits per heavy atom. The van der Waals surface area contributed by atoms with E-state index < -0.39 is 12.1 Å². The molecule has 0 aliphatic carbocycles. The Balaban J connectivity index is 2.03. The number of pyridine rings is 1. The summed E-state index contributed by atoms with van der Waals surface area (Å²) in [6.45, 7) is 0. The molecule has 2 atom stereocenters. The third kappa shape index (κ3) is 2.29. The lowest BCUT2D eigenvalue weighted by Gasteiger charge is -2.20. The normalized spacial score (nSPS) is 14.1. The van der Waals surface area contributed by atoms with Crippen molar-refractivity contribution in [2.24, 2.45) is 5.73 Å². The summed E-state index contributed by atoms with van der Waals surface area (Å²) in [6.07, 6.45) is 2.70. The van der Waals surface area contributed by atoms with Gasteiger partial charge in [-0.05, 0) is 10.9 Å². The van der Waals surface area contributed by atoms with Crippen LogP contribution in [-0.2, 0) is 0 Å². The number of aliphatic hydroxyl groups excluding tert-OH is 1. The van der Waals surface area contributed by atoms with Gasteiger partial charge in [-0.1, -0.05) is 54.6 Å². The standard InChI is InChI=1S/C17H16N2O/c18-16(12-6-2-1-3-7-12)17(20)15-11-19-10-13-8-4-5-9-14(13)15/h1-11,16-17,20H,18H2. The van der Waals surface area contributed by atoms with Crippen molar-refractivity contribution < 1.29 is 5.11 Å². The van der Waals surface area contributed by atoms with E-state index in [9.17, 15) is 5.11 Å². The van der Waals surface area contributed by atoms with E-state index in [1.165, 1.54) is 0 Å². The van der Waals surface area contributed by atoms with Crippen molar-refractivity contribution in [3.8, 4) is 0 Å². The van der Waals surface area contributed by atoms with E-state index in [0.717, 1.165) is 21.9 Å². The van der Waals surface area contributed by atoms with Crippen LogP contribution in [0.15, 0.2) is 67.0 Å². The predicted molar refractivity (Wildman–Crippen MR) is 80.1 cm³/mol. The minimum absolute atomic E-state index is 0.469. The van der Waals surface area contributed by atoms with Crippen molar-refractivity contribution in [1.82, 2.24) is 4.98 Å². The highest BCUT2D eigenvalue weighted by Gasteiger charge is 2.20. The number of nitrogens with two attached hydrogens (primary N) is 1. The number of aliphatic hydroxyl groups is 1. The molecule has 0 spiro atoms. The first kappa shape index (κ1) is 12.8. The minimum atomic E-state index is -0.781. The average molecular weight is 264 g/mol. The molecule has 0 saturated carbocycles. The van der Waals surface area contributed by atoms with Gasteiger partial charge in [-0.25, -0.2) is 0 Å². The molecule has 0 saturated heterocycles. The van der Waals surface area contributed by atoms with E-state index in [1.807, 2.05) is 54.6 Å². The average Bonchev–Trinajstić information content (AvgIpc) is 2.54. The number of hydrogen-bond donors (Lipinski definition) is 2.